The molecule has 150 valence electrons. The Kier molecular flexibility index (Phi) is 4.14. The van der Waals surface area contributed by atoms with Crippen LogP contribution in [0.15, 0.2) is 49.8 Å². The highest BCUT2D eigenvalue weighted by molar-refractivity contribution is 7.90. The maximum Gasteiger partial charge on any atom is 0.286 e. The minimum absolute atomic E-state index is 0.0323. The summed E-state index contributed by atoms with van der Waals surface area (Å²) in [6, 6.07) is 8.24. The van der Waals surface area contributed by atoms with Crippen LogP contribution in [0.4, 0.5) is 5.69 Å². The van der Waals surface area contributed by atoms with Gasteiger partial charge in [-0.25, -0.2) is 4.68 Å². The van der Waals surface area contributed by atoms with Crippen LogP contribution in [0.3, 0.4) is 0 Å². The van der Waals surface area contributed by atoms with Crippen LogP contribution in [0.2, 0.25) is 0 Å². The SMILES string of the molecule is O=c1c(C2=NS(=O)(=O)c3ccccc3N2)c(O)c2sccc2n1NC1CCCC1. The van der Waals surface area contributed by atoms with E-state index in [0.29, 0.717) is 15.9 Å². The number of hydrogen-bond acceptors (Lipinski definition) is 7. The van der Waals surface area contributed by atoms with Gasteiger partial charge >= 0.3 is 0 Å². The Morgan fingerprint density at radius 3 is 2.76 bits per heavy atom. The molecule has 0 atom stereocenters. The first-order valence-corrected chi connectivity index (χ1v) is 11.6. The monoisotopic (exact) mass is 430 g/mol. The quantitative estimate of drug-likeness (QED) is 0.589. The van der Waals surface area contributed by atoms with Crippen LogP contribution in [-0.2, 0) is 10.0 Å². The van der Waals surface area contributed by atoms with E-state index in [0.717, 1.165) is 25.7 Å². The van der Waals surface area contributed by atoms with Crippen molar-refractivity contribution in [3.8, 4) is 5.75 Å². The van der Waals surface area contributed by atoms with Gasteiger partial charge in [-0.3, -0.25) is 4.79 Å². The average Bonchev–Trinajstić information content (AvgIpc) is 3.37. The van der Waals surface area contributed by atoms with Crippen LogP contribution in [0, 0.1) is 0 Å². The number of thiophene rings is 1. The normalized spacial score (nSPS) is 18.3. The van der Waals surface area contributed by atoms with Gasteiger partial charge in [0, 0.05) is 6.04 Å². The van der Waals surface area contributed by atoms with Gasteiger partial charge in [0.15, 0.2) is 11.6 Å². The van der Waals surface area contributed by atoms with E-state index in [1.54, 1.807) is 29.6 Å². The summed E-state index contributed by atoms with van der Waals surface area (Å²) >= 11 is 1.28. The van der Waals surface area contributed by atoms with Crippen molar-refractivity contribution >= 4 is 43.1 Å². The Bertz CT molecular complexity index is 1320. The van der Waals surface area contributed by atoms with Crippen LogP contribution in [-0.4, -0.2) is 30.1 Å². The molecule has 2 aliphatic rings. The van der Waals surface area contributed by atoms with Crippen molar-refractivity contribution in [2.24, 2.45) is 4.40 Å². The molecular formula is C19H18N4O4S2. The predicted molar refractivity (Wildman–Crippen MR) is 113 cm³/mol. The van der Waals surface area contributed by atoms with E-state index in [4.69, 9.17) is 0 Å². The lowest BCUT2D eigenvalue weighted by Gasteiger charge is -2.21. The number of para-hydroxylation sites is 1. The van der Waals surface area contributed by atoms with Crippen molar-refractivity contribution in [1.82, 2.24) is 4.68 Å². The van der Waals surface area contributed by atoms with Crippen molar-refractivity contribution in [1.29, 1.82) is 0 Å². The first-order valence-electron chi connectivity index (χ1n) is 9.29. The second kappa shape index (κ2) is 6.60. The van der Waals surface area contributed by atoms with Gasteiger partial charge in [0.1, 0.15) is 10.5 Å². The second-order valence-electron chi connectivity index (χ2n) is 7.15. The predicted octanol–water partition coefficient (Wildman–Crippen LogP) is 2.82. The number of fused-ring (bicyclic) bond motifs is 2. The Balaban J connectivity index is 1.72. The highest BCUT2D eigenvalue weighted by atomic mass is 32.2. The van der Waals surface area contributed by atoms with E-state index in [1.807, 2.05) is 0 Å². The van der Waals surface area contributed by atoms with Crippen LogP contribution < -0.4 is 16.3 Å². The van der Waals surface area contributed by atoms with E-state index >= 15 is 0 Å². The van der Waals surface area contributed by atoms with E-state index in [9.17, 15) is 18.3 Å². The van der Waals surface area contributed by atoms with Crippen molar-refractivity contribution in [3.05, 3.63) is 51.6 Å². The molecule has 0 unspecified atom stereocenters. The van der Waals surface area contributed by atoms with E-state index in [-0.39, 0.29) is 28.1 Å². The third kappa shape index (κ3) is 2.90. The van der Waals surface area contributed by atoms with Gasteiger partial charge in [0.2, 0.25) is 0 Å². The number of rotatable bonds is 3. The minimum Gasteiger partial charge on any atom is -0.505 e. The lowest BCUT2D eigenvalue weighted by molar-refractivity contribution is 0.478. The topological polar surface area (TPSA) is 113 Å². The summed E-state index contributed by atoms with van der Waals surface area (Å²) in [5.41, 5.74) is 3.43. The summed E-state index contributed by atoms with van der Waals surface area (Å²) in [6.45, 7) is 0. The van der Waals surface area contributed by atoms with Gasteiger partial charge in [-0.15, -0.1) is 15.7 Å². The van der Waals surface area contributed by atoms with Crippen LogP contribution >= 0.6 is 11.3 Å². The van der Waals surface area contributed by atoms with Crippen molar-refractivity contribution in [2.45, 2.75) is 36.6 Å². The van der Waals surface area contributed by atoms with Gasteiger partial charge in [0.25, 0.3) is 15.6 Å². The lowest BCUT2D eigenvalue weighted by atomic mass is 10.2. The van der Waals surface area contributed by atoms with Crippen LogP contribution in [0.25, 0.3) is 10.2 Å². The molecule has 5 rings (SSSR count). The molecule has 3 aromatic rings. The van der Waals surface area contributed by atoms with E-state index in [2.05, 4.69) is 15.1 Å². The molecule has 1 aliphatic carbocycles. The molecule has 0 radical (unpaired) electrons. The summed E-state index contributed by atoms with van der Waals surface area (Å²) in [6.07, 6.45) is 4.09. The molecule has 0 saturated heterocycles. The number of nitrogens with one attached hydrogen (secondary N) is 2. The summed E-state index contributed by atoms with van der Waals surface area (Å²) in [4.78, 5) is 13.4. The molecule has 3 N–H and O–H groups in total. The first kappa shape index (κ1) is 18.2. The van der Waals surface area contributed by atoms with E-state index < -0.39 is 15.6 Å². The summed E-state index contributed by atoms with van der Waals surface area (Å²) in [5.74, 6) is -0.450. The molecule has 1 saturated carbocycles. The van der Waals surface area contributed by atoms with Crippen molar-refractivity contribution in [3.63, 3.8) is 0 Å². The Hall–Kier alpha value is -2.85. The summed E-state index contributed by atoms with van der Waals surface area (Å²) < 4.78 is 30.9. The van der Waals surface area contributed by atoms with Gasteiger partial charge < -0.3 is 15.8 Å². The zero-order chi connectivity index (χ0) is 20.2. The van der Waals surface area contributed by atoms with Crippen LogP contribution in [0.5, 0.6) is 5.75 Å². The highest BCUT2D eigenvalue weighted by Crippen LogP contribution is 2.34. The molecule has 29 heavy (non-hydrogen) atoms. The Morgan fingerprint density at radius 1 is 1.21 bits per heavy atom. The second-order valence-corrected chi connectivity index (χ2v) is 9.63. The van der Waals surface area contributed by atoms with Gasteiger partial charge in [0.05, 0.1) is 15.9 Å². The molecule has 3 heterocycles. The number of sulfonamides is 1. The number of aromatic nitrogens is 1. The smallest absolute Gasteiger partial charge is 0.286 e. The highest BCUT2D eigenvalue weighted by Gasteiger charge is 2.30. The Labute approximate surface area is 170 Å². The fourth-order valence-electron chi connectivity index (χ4n) is 3.89. The maximum atomic E-state index is 13.3. The molecule has 0 amide bonds. The van der Waals surface area contributed by atoms with Crippen LogP contribution in [0.1, 0.15) is 31.2 Å². The number of benzene rings is 1. The first-order chi connectivity index (χ1) is 14.0. The third-order valence-electron chi connectivity index (χ3n) is 5.29. The van der Waals surface area contributed by atoms with Gasteiger partial charge in [-0.2, -0.15) is 8.42 Å². The molecule has 1 aliphatic heterocycles. The third-order valence-corrected chi connectivity index (χ3v) is 7.53. The average molecular weight is 431 g/mol. The van der Waals surface area contributed by atoms with Crippen molar-refractivity contribution in [2.75, 3.05) is 10.7 Å². The fraction of sp³-hybridized carbons (Fsp3) is 0.263. The Morgan fingerprint density at radius 2 is 1.97 bits per heavy atom. The molecule has 2 aromatic heterocycles. The molecule has 8 nitrogen and oxygen atoms in total. The summed E-state index contributed by atoms with van der Waals surface area (Å²) in [7, 11) is -4.00. The molecule has 1 fully saturated rings. The molecule has 10 heteroatoms. The number of aromatic hydroxyl groups is 1. The number of pyridine rings is 1. The molecular weight excluding hydrogens is 412 g/mol. The number of hydrogen-bond donors (Lipinski definition) is 3. The van der Waals surface area contributed by atoms with Gasteiger partial charge in [-0.1, -0.05) is 25.0 Å². The number of anilines is 1. The fourth-order valence-corrected chi connectivity index (χ4v) is 5.84. The van der Waals surface area contributed by atoms with E-state index in [1.165, 1.54) is 22.1 Å². The molecule has 0 spiro atoms. The summed E-state index contributed by atoms with van der Waals surface area (Å²) in [5, 5.41) is 15.5. The zero-order valence-electron chi connectivity index (χ0n) is 15.3. The number of nitrogens with zero attached hydrogens (tertiary/aromatic N) is 2. The largest absolute Gasteiger partial charge is 0.505 e. The number of amidine groups is 1. The maximum absolute atomic E-state index is 13.3. The standard InChI is InChI=1S/C19H18N4O4S2/c24-16-15(18-20-12-7-3-4-8-14(12)29(26,27)22-18)19(25)23(13-9-10-28-17(13)16)21-11-5-1-2-6-11/h3-4,7-11,21,24H,1-2,5-6H2,(H,20,22). The minimum atomic E-state index is -4.00. The van der Waals surface area contributed by atoms with Gasteiger partial charge in [-0.05, 0) is 36.4 Å². The molecule has 1 aromatic carbocycles. The van der Waals surface area contributed by atoms with Crippen molar-refractivity contribution < 1.29 is 13.5 Å². The zero-order valence-corrected chi connectivity index (χ0v) is 16.9. The molecule has 0 bridgehead atoms. The lowest BCUT2D eigenvalue weighted by Crippen LogP contribution is -2.39.